The minimum atomic E-state index is 0.601. The van der Waals surface area contributed by atoms with Crippen LogP contribution in [0, 0.1) is 0 Å². The molecule has 0 unspecified atom stereocenters. The number of thiazole rings is 1. The Kier molecular flexibility index (Phi) is 8.02. The number of aromatic nitrogens is 1. The van der Waals surface area contributed by atoms with Crippen LogP contribution in [0.25, 0.3) is 0 Å². The standard InChI is InChI=1S/C14H27N3OS/c1-5-8-17(9-6-2)14-16-12(11-18-4)13(19-14)10-15-7-3/h15H,5-11H2,1-4H3. The van der Waals surface area contributed by atoms with E-state index in [1.165, 1.54) is 4.88 Å². The van der Waals surface area contributed by atoms with E-state index in [0.717, 1.165) is 49.8 Å². The maximum atomic E-state index is 5.26. The van der Waals surface area contributed by atoms with E-state index in [4.69, 9.17) is 9.72 Å². The molecule has 0 aliphatic carbocycles. The zero-order chi connectivity index (χ0) is 14.1. The normalized spacial score (nSPS) is 10.9. The summed E-state index contributed by atoms with van der Waals surface area (Å²) in [7, 11) is 1.73. The number of ether oxygens (including phenoxy) is 1. The first-order chi connectivity index (χ1) is 9.26. The SMILES string of the molecule is CCCN(CCC)c1nc(COC)c(CNCC)s1. The zero-order valence-corrected chi connectivity index (χ0v) is 13.5. The van der Waals surface area contributed by atoms with Gasteiger partial charge >= 0.3 is 0 Å². The molecule has 0 saturated carbocycles. The maximum Gasteiger partial charge on any atom is 0.185 e. The molecule has 110 valence electrons. The van der Waals surface area contributed by atoms with Crippen LogP contribution >= 0.6 is 11.3 Å². The lowest BCUT2D eigenvalue weighted by atomic mass is 10.3. The molecule has 0 amide bonds. The Morgan fingerprint density at radius 1 is 1.21 bits per heavy atom. The lowest BCUT2D eigenvalue weighted by Gasteiger charge is -2.20. The third kappa shape index (κ3) is 5.09. The van der Waals surface area contributed by atoms with E-state index in [0.29, 0.717) is 6.61 Å². The number of methoxy groups -OCH3 is 1. The second-order valence-corrected chi connectivity index (χ2v) is 5.63. The van der Waals surface area contributed by atoms with Crippen molar-refractivity contribution in [3.05, 3.63) is 10.6 Å². The molecule has 1 N–H and O–H groups in total. The van der Waals surface area contributed by atoms with Crippen LogP contribution in [0.1, 0.15) is 44.2 Å². The van der Waals surface area contributed by atoms with Gasteiger partial charge in [-0.3, -0.25) is 0 Å². The molecule has 0 fully saturated rings. The van der Waals surface area contributed by atoms with Crippen LogP contribution < -0.4 is 10.2 Å². The van der Waals surface area contributed by atoms with Gasteiger partial charge in [0, 0.05) is 31.6 Å². The number of rotatable bonds is 10. The van der Waals surface area contributed by atoms with Crippen LogP contribution in [0.4, 0.5) is 5.13 Å². The number of nitrogens with one attached hydrogen (secondary N) is 1. The molecule has 0 radical (unpaired) electrons. The van der Waals surface area contributed by atoms with Crippen molar-refractivity contribution in [2.75, 3.05) is 31.6 Å². The molecule has 0 saturated heterocycles. The molecule has 0 aromatic carbocycles. The summed E-state index contributed by atoms with van der Waals surface area (Å²) in [4.78, 5) is 8.46. The molecule has 5 heteroatoms. The number of anilines is 1. The molecule has 0 spiro atoms. The fourth-order valence-electron chi connectivity index (χ4n) is 1.97. The molecule has 1 aromatic rings. The minimum Gasteiger partial charge on any atom is -0.378 e. The predicted molar refractivity (Wildman–Crippen MR) is 83.0 cm³/mol. The van der Waals surface area contributed by atoms with E-state index < -0.39 is 0 Å². The van der Waals surface area contributed by atoms with Crippen LogP contribution in [0.3, 0.4) is 0 Å². The van der Waals surface area contributed by atoms with Gasteiger partial charge in [0.15, 0.2) is 5.13 Å². The number of hydrogen-bond donors (Lipinski definition) is 1. The van der Waals surface area contributed by atoms with E-state index >= 15 is 0 Å². The van der Waals surface area contributed by atoms with Gasteiger partial charge in [-0.1, -0.05) is 20.8 Å². The molecule has 4 nitrogen and oxygen atoms in total. The lowest BCUT2D eigenvalue weighted by Crippen LogP contribution is -2.24. The molecule has 0 aliphatic rings. The smallest absolute Gasteiger partial charge is 0.185 e. The van der Waals surface area contributed by atoms with Gasteiger partial charge in [0.25, 0.3) is 0 Å². The molecule has 19 heavy (non-hydrogen) atoms. The molecule has 0 aliphatic heterocycles. The first-order valence-corrected chi connectivity index (χ1v) is 8.01. The van der Waals surface area contributed by atoms with Gasteiger partial charge in [0.2, 0.25) is 0 Å². The third-order valence-electron chi connectivity index (χ3n) is 2.84. The summed E-state index contributed by atoms with van der Waals surface area (Å²) in [5.41, 5.74) is 1.08. The summed E-state index contributed by atoms with van der Waals surface area (Å²) in [5.74, 6) is 0. The number of nitrogens with zero attached hydrogens (tertiary/aromatic N) is 2. The Hall–Kier alpha value is -0.650. The Morgan fingerprint density at radius 2 is 1.89 bits per heavy atom. The Labute approximate surface area is 121 Å². The van der Waals surface area contributed by atoms with E-state index in [-0.39, 0.29) is 0 Å². The highest BCUT2D eigenvalue weighted by Gasteiger charge is 2.15. The van der Waals surface area contributed by atoms with Gasteiger partial charge in [-0.25, -0.2) is 4.98 Å². The van der Waals surface area contributed by atoms with E-state index in [9.17, 15) is 0 Å². The summed E-state index contributed by atoms with van der Waals surface area (Å²) in [6.45, 7) is 11.2. The fraction of sp³-hybridized carbons (Fsp3) is 0.786. The van der Waals surface area contributed by atoms with Crippen LogP contribution in [0.2, 0.25) is 0 Å². The molecule has 1 aromatic heterocycles. The van der Waals surface area contributed by atoms with Crippen LogP contribution in [0.15, 0.2) is 0 Å². The molecule has 0 atom stereocenters. The monoisotopic (exact) mass is 285 g/mol. The Morgan fingerprint density at radius 3 is 2.42 bits per heavy atom. The average molecular weight is 285 g/mol. The summed E-state index contributed by atoms with van der Waals surface area (Å²) in [6, 6.07) is 0. The fourth-order valence-corrected chi connectivity index (χ4v) is 3.06. The van der Waals surface area contributed by atoms with Gasteiger partial charge < -0.3 is 15.0 Å². The van der Waals surface area contributed by atoms with Crippen molar-refractivity contribution < 1.29 is 4.74 Å². The van der Waals surface area contributed by atoms with Crippen molar-refractivity contribution in [2.45, 2.75) is 46.8 Å². The zero-order valence-electron chi connectivity index (χ0n) is 12.7. The lowest BCUT2D eigenvalue weighted by molar-refractivity contribution is 0.181. The molecular weight excluding hydrogens is 258 g/mol. The van der Waals surface area contributed by atoms with Gasteiger partial charge in [-0.15, -0.1) is 11.3 Å². The summed E-state index contributed by atoms with van der Waals surface area (Å²) >= 11 is 1.80. The van der Waals surface area contributed by atoms with E-state index in [1.807, 2.05) is 0 Å². The maximum absolute atomic E-state index is 5.26. The van der Waals surface area contributed by atoms with Crippen molar-refractivity contribution in [1.29, 1.82) is 0 Å². The third-order valence-corrected chi connectivity index (χ3v) is 4.00. The largest absolute Gasteiger partial charge is 0.378 e. The van der Waals surface area contributed by atoms with Crippen molar-refractivity contribution >= 4 is 16.5 Å². The second kappa shape index (κ2) is 9.28. The molecule has 0 bridgehead atoms. The molecule has 1 rings (SSSR count). The molecular formula is C14H27N3OS. The highest BCUT2D eigenvalue weighted by molar-refractivity contribution is 7.15. The second-order valence-electron chi connectivity index (χ2n) is 4.57. The quantitative estimate of drug-likeness (QED) is 0.717. The number of hydrogen-bond acceptors (Lipinski definition) is 5. The average Bonchev–Trinajstić information content (AvgIpc) is 2.80. The first-order valence-electron chi connectivity index (χ1n) is 7.19. The van der Waals surface area contributed by atoms with Crippen molar-refractivity contribution in [3.8, 4) is 0 Å². The van der Waals surface area contributed by atoms with E-state index in [1.54, 1.807) is 18.4 Å². The van der Waals surface area contributed by atoms with Crippen molar-refractivity contribution in [3.63, 3.8) is 0 Å². The van der Waals surface area contributed by atoms with Crippen LogP contribution in [-0.2, 0) is 17.9 Å². The van der Waals surface area contributed by atoms with Crippen molar-refractivity contribution in [2.24, 2.45) is 0 Å². The van der Waals surface area contributed by atoms with Crippen molar-refractivity contribution in [1.82, 2.24) is 10.3 Å². The summed E-state index contributed by atoms with van der Waals surface area (Å²) in [5, 5.41) is 4.52. The van der Waals surface area contributed by atoms with E-state index in [2.05, 4.69) is 31.0 Å². The summed E-state index contributed by atoms with van der Waals surface area (Å²) in [6.07, 6.45) is 2.31. The summed E-state index contributed by atoms with van der Waals surface area (Å²) < 4.78 is 5.26. The highest BCUT2D eigenvalue weighted by Crippen LogP contribution is 2.27. The van der Waals surface area contributed by atoms with Crippen LogP contribution in [-0.4, -0.2) is 31.7 Å². The van der Waals surface area contributed by atoms with Crippen LogP contribution in [0.5, 0.6) is 0 Å². The van der Waals surface area contributed by atoms with Gasteiger partial charge in [-0.2, -0.15) is 0 Å². The predicted octanol–water partition coefficient (Wildman–Crippen LogP) is 3.03. The topological polar surface area (TPSA) is 37.4 Å². The minimum absolute atomic E-state index is 0.601. The molecule has 1 heterocycles. The Bertz CT molecular complexity index is 348. The highest BCUT2D eigenvalue weighted by atomic mass is 32.1. The van der Waals surface area contributed by atoms with Gasteiger partial charge in [-0.05, 0) is 19.4 Å². The first kappa shape index (κ1) is 16.4. The Balaban J connectivity index is 2.86. The van der Waals surface area contributed by atoms with Gasteiger partial charge in [0.1, 0.15) is 0 Å². The van der Waals surface area contributed by atoms with Gasteiger partial charge in [0.05, 0.1) is 12.3 Å².